The summed E-state index contributed by atoms with van der Waals surface area (Å²) < 4.78 is 23.2. The molecule has 0 aromatic heterocycles. The lowest BCUT2D eigenvalue weighted by molar-refractivity contribution is 0.0633. The third kappa shape index (κ3) is 3.13. The zero-order valence-electron chi connectivity index (χ0n) is 12.2. The molecule has 7 nitrogen and oxygen atoms in total. The first kappa shape index (κ1) is 15.3. The molecule has 1 atom stereocenters. The van der Waals surface area contributed by atoms with Gasteiger partial charge in [-0.1, -0.05) is 24.3 Å². The lowest BCUT2D eigenvalue weighted by atomic mass is 10.0. The summed E-state index contributed by atoms with van der Waals surface area (Å²) in [5.41, 5.74) is 1.50. The number of sulfonamides is 1. The molecule has 23 heavy (non-hydrogen) atoms. The number of hydrogen-bond acceptors (Lipinski definition) is 5. The number of para-hydroxylation sites is 1. The number of hydrogen-bond donors (Lipinski definition) is 3. The number of nitrogens with zero attached hydrogens (tertiary/aromatic N) is 1. The van der Waals surface area contributed by atoms with Crippen LogP contribution in [0.1, 0.15) is 22.1 Å². The van der Waals surface area contributed by atoms with Gasteiger partial charge in [0.15, 0.2) is 0 Å². The topological polar surface area (TPSA) is 98.7 Å². The first-order valence-electron chi connectivity index (χ1n) is 6.80. The standard InChI is InChI=1S/C15H15N3O4S/c1-23(21,22)17-18-14(10-5-4-6-11(19)9-10)16-13-8-3-2-7-12(13)15(18)20/h2-9,14,16-17,19H,1H3/t14-/m1/s1. The molecule has 0 spiro atoms. The van der Waals surface area contributed by atoms with Crippen molar-refractivity contribution in [3.05, 3.63) is 59.7 Å². The van der Waals surface area contributed by atoms with E-state index in [2.05, 4.69) is 10.1 Å². The van der Waals surface area contributed by atoms with Crippen LogP contribution in [0.4, 0.5) is 5.69 Å². The van der Waals surface area contributed by atoms with Crippen LogP contribution >= 0.6 is 0 Å². The molecule has 1 aliphatic heterocycles. The van der Waals surface area contributed by atoms with E-state index in [0.29, 0.717) is 16.8 Å². The summed E-state index contributed by atoms with van der Waals surface area (Å²) in [6.07, 6.45) is 0.194. The Bertz CT molecular complexity index is 867. The van der Waals surface area contributed by atoms with E-state index in [0.717, 1.165) is 11.3 Å². The summed E-state index contributed by atoms with van der Waals surface area (Å²) in [7, 11) is -3.66. The Morgan fingerprint density at radius 2 is 1.91 bits per heavy atom. The van der Waals surface area contributed by atoms with E-state index in [-0.39, 0.29) is 5.75 Å². The van der Waals surface area contributed by atoms with Gasteiger partial charge in [0.1, 0.15) is 11.9 Å². The number of benzene rings is 2. The van der Waals surface area contributed by atoms with Gasteiger partial charge in [-0.25, -0.2) is 13.4 Å². The van der Waals surface area contributed by atoms with Crippen LogP contribution in [0.25, 0.3) is 0 Å². The van der Waals surface area contributed by atoms with Crippen LogP contribution in [-0.2, 0) is 10.0 Å². The van der Waals surface area contributed by atoms with Crippen molar-refractivity contribution in [1.82, 2.24) is 9.84 Å². The molecule has 0 aliphatic carbocycles. The maximum Gasteiger partial charge on any atom is 0.273 e. The number of aromatic hydroxyl groups is 1. The molecule has 120 valence electrons. The molecular weight excluding hydrogens is 318 g/mol. The fourth-order valence-corrected chi connectivity index (χ4v) is 3.00. The Labute approximate surface area is 133 Å². The first-order chi connectivity index (χ1) is 10.8. The molecule has 8 heteroatoms. The van der Waals surface area contributed by atoms with Gasteiger partial charge in [-0.05, 0) is 29.8 Å². The molecule has 1 heterocycles. The normalized spacial score (nSPS) is 17.5. The van der Waals surface area contributed by atoms with Gasteiger partial charge in [-0.2, -0.15) is 0 Å². The van der Waals surface area contributed by atoms with Crippen molar-refractivity contribution >= 4 is 21.6 Å². The number of amides is 1. The van der Waals surface area contributed by atoms with Crippen molar-refractivity contribution < 1.29 is 18.3 Å². The Morgan fingerprint density at radius 3 is 2.61 bits per heavy atom. The Hall–Kier alpha value is -2.58. The van der Waals surface area contributed by atoms with E-state index in [4.69, 9.17) is 0 Å². The second-order valence-electron chi connectivity index (χ2n) is 5.23. The number of phenolic OH excluding ortho intramolecular Hbond substituents is 1. The van der Waals surface area contributed by atoms with Crippen molar-refractivity contribution in [2.75, 3.05) is 11.6 Å². The number of carbonyl (C=O) groups excluding carboxylic acids is 1. The summed E-state index contributed by atoms with van der Waals surface area (Å²) in [6.45, 7) is 0. The minimum atomic E-state index is -3.66. The molecule has 3 N–H and O–H groups in total. The molecule has 1 amide bonds. The van der Waals surface area contributed by atoms with Gasteiger partial charge in [0, 0.05) is 5.69 Å². The van der Waals surface area contributed by atoms with Crippen LogP contribution in [0.2, 0.25) is 0 Å². The quantitative estimate of drug-likeness (QED) is 0.789. The lowest BCUT2D eigenvalue weighted by Crippen LogP contribution is -2.52. The van der Waals surface area contributed by atoms with Gasteiger partial charge in [-0.15, -0.1) is 4.83 Å². The largest absolute Gasteiger partial charge is 0.508 e. The molecule has 0 fully saturated rings. The summed E-state index contributed by atoms with van der Waals surface area (Å²) >= 11 is 0. The number of phenols is 1. The number of anilines is 1. The molecule has 2 aromatic carbocycles. The highest BCUT2D eigenvalue weighted by atomic mass is 32.2. The van der Waals surface area contributed by atoms with Crippen molar-refractivity contribution in [2.45, 2.75) is 6.17 Å². The predicted molar refractivity (Wildman–Crippen MR) is 85.1 cm³/mol. The average molecular weight is 333 g/mol. The number of fused-ring (bicyclic) bond motifs is 1. The third-order valence-corrected chi connectivity index (χ3v) is 3.91. The SMILES string of the molecule is CS(=O)(=O)NN1C(=O)c2ccccc2N[C@H]1c1cccc(O)c1. The van der Waals surface area contributed by atoms with Gasteiger partial charge in [0.05, 0.1) is 11.8 Å². The maximum absolute atomic E-state index is 12.7. The van der Waals surface area contributed by atoms with Gasteiger partial charge < -0.3 is 10.4 Å². The summed E-state index contributed by atoms with van der Waals surface area (Å²) in [4.78, 5) is 14.9. The fraction of sp³-hybridized carbons (Fsp3) is 0.133. The van der Waals surface area contributed by atoms with Crippen LogP contribution in [0.15, 0.2) is 48.5 Å². The minimum absolute atomic E-state index is 0.0231. The highest BCUT2D eigenvalue weighted by molar-refractivity contribution is 7.88. The second-order valence-corrected chi connectivity index (χ2v) is 6.95. The van der Waals surface area contributed by atoms with Crippen molar-refractivity contribution in [3.63, 3.8) is 0 Å². The lowest BCUT2D eigenvalue weighted by Gasteiger charge is -2.37. The highest BCUT2D eigenvalue weighted by Crippen LogP contribution is 2.32. The molecule has 0 saturated carbocycles. The third-order valence-electron chi connectivity index (χ3n) is 3.38. The summed E-state index contributed by atoms with van der Waals surface area (Å²) in [5, 5.41) is 13.8. The van der Waals surface area contributed by atoms with Gasteiger partial charge in [0.2, 0.25) is 10.0 Å². The minimum Gasteiger partial charge on any atom is -0.508 e. The predicted octanol–water partition coefficient (Wildman–Crippen LogP) is 1.42. The molecule has 3 rings (SSSR count). The van der Waals surface area contributed by atoms with Gasteiger partial charge in [-0.3, -0.25) is 4.79 Å². The van der Waals surface area contributed by atoms with E-state index >= 15 is 0 Å². The highest BCUT2D eigenvalue weighted by Gasteiger charge is 2.34. The molecule has 0 bridgehead atoms. The van der Waals surface area contributed by atoms with Crippen molar-refractivity contribution in [3.8, 4) is 5.75 Å². The number of hydrazine groups is 1. The van der Waals surface area contributed by atoms with Gasteiger partial charge in [0.25, 0.3) is 5.91 Å². The molecular formula is C15H15N3O4S. The van der Waals surface area contributed by atoms with Crippen LogP contribution in [0, 0.1) is 0 Å². The molecule has 2 aromatic rings. The molecule has 0 radical (unpaired) electrons. The Kier molecular flexibility index (Phi) is 3.70. The molecule has 0 saturated heterocycles. The summed E-state index contributed by atoms with van der Waals surface area (Å²) in [6, 6.07) is 13.1. The van der Waals surface area contributed by atoms with Gasteiger partial charge >= 0.3 is 0 Å². The summed E-state index contributed by atoms with van der Waals surface area (Å²) in [5.74, 6) is -0.451. The van der Waals surface area contributed by atoms with Crippen LogP contribution in [0.5, 0.6) is 5.75 Å². The van der Waals surface area contributed by atoms with Crippen LogP contribution in [-0.4, -0.2) is 30.7 Å². The zero-order valence-corrected chi connectivity index (χ0v) is 13.0. The smallest absolute Gasteiger partial charge is 0.273 e. The Morgan fingerprint density at radius 1 is 1.17 bits per heavy atom. The van der Waals surface area contributed by atoms with Crippen molar-refractivity contribution in [2.24, 2.45) is 0 Å². The second kappa shape index (κ2) is 5.56. The van der Waals surface area contributed by atoms with E-state index in [9.17, 15) is 18.3 Å². The number of carbonyl (C=O) groups is 1. The molecule has 1 aliphatic rings. The first-order valence-corrected chi connectivity index (χ1v) is 8.70. The fourth-order valence-electron chi connectivity index (χ4n) is 2.45. The van der Waals surface area contributed by atoms with E-state index in [1.165, 1.54) is 12.1 Å². The number of nitrogens with one attached hydrogen (secondary N) is 2. The number of rotatable bonds is 3. The van der Waals surface area contributed by atoms with Crippen molar-refractivity contribution in [1.29, 1.82) is 0 Å². The van der Waals surface area contributed by atoms with E-state index in [1.54, 1.807) is 36.4 Å². The molecule has 0 unspecified atom stereocenters. The van der Waals surface area contributed by atoms with Crippen LogP contribution < -0.4 is 10.1 Å². The monoisotopic (exact) mass is 333 g/mol. The van der Waals surface area contributed by atoms with Crippen LogP contribution in [0.3, 0.4) is 0 Å². The van der Waals surface area contributed by atoms with E-state index < -0.39 is 22.1 Å². The Balaban J connectivity index is 2.09. The maximum atomic E-state index is 12.7. The van der Waals surface area contributed by atoms with E-state index in [1.807, 2.05) is 0 Å². The average Bonchev–Trinajstić information content (AvgIpc) is 2.49. The zero-order chi connectivity index (χ0) is 16.6.